The molecule has 0 fully saturated rings. The van der Waals surface area contributed by atoms with Gasteiger partial charge in [-0.05, 0) is 42.7 Å². The fourth-order valence-corrected chi connectivity index (χ4v) is 3.05. The number of pyridine rings is 1. The lowest BCUT2D eigenvalue weighted by atomic mass is 10.1. The molecule has 1 aromatic carbocycles. The lowest BCUT2D eigenvalue weighted by Crippen LogP contribution is -2.37. The molecule has 0 bridgehead atoms. The molecular formula is C19H26N4O3S. The molecule has 1 aromatic heterocycles. The lowest BCUT2D eigenvalue weighted by Gasteiger charge is -2.12. The standard InChI is InChI=1S/C19H26N4O3S/c1-4-26-18-13-16(10-11-21-18)14-23-19(20-2)22-12-9-15-5-7-17(8-6-15)27(3,24)25/h5-8,10-11,13H,4,9,12,14H2,1-3H3,(H2,20,22,23). The number of hydrogen-bond donors (Lipinski definition) is 2. The maximum Gasteiger partial charge on any atom is 0.213 e. The highest BCUT2D eigenvalue weighted by Gasteiger charge is 2.06. The number of sulfone groups is 1. The summed E-state index contributed by atoms with van der Waals surface area (Å²) in [5.74, 6) is 1.30. The van der Waals surface area contributed by atoms with Crippen LogP contribution >= 0.6 is 0 Å². The van der Waals surface area contributed by atoms with Gasteiger partial charge in [0.1, 0.15) is 0 Å². The van der Waals surface area contributed by atoms with E-state index in [0.717, 1.165) is 17.5 Å². The lowest BCUT2D eigenvalue weighted by molar-refractivity contribution is 0.326. The molecular weight excluding hydrogens is 364 g/mol. The summed E-state index contributed by atoms with van der Waals surface area (Å²) < 4.78 is 28.4. The van der Waals surface area contributed by atoms with Gasteiger partial charge in [-0.2, -0.15) is 0 Å². The van der Waals surface area contributed by atoms with Crippen molar-refractivity contribution in [1.29, 1.82) is 0 Å². The summed E-state index contributed by atoms with van der Waals surface area (Å²) in [6.45, 7) is 3.79. The second kappa shape index (κ2) is 9.91. The van der Waals surface area contributed by atoms with Gasteiger partial charge in [0.25, 0.3) is 0 Å². The number of benzene rings is 1. The molecule has 8 heteroatoms. The van der Waals surface area contributed by atoms with Gasteiger partial charge in [-0.15, -0.1) is 0 Å². The van der Waals surface area contributed by atoms with Crippen molar-refractivity contribution in [3.05, 3.63) is 53.7 Å². The summed E-state index contributed by atoms with van der Waals surface area (Å²) in [4.78, 5) is 8.69. The van der Waals surface area contributed by atoms with Gasteiger partial charge in [0.2, 0.25) is 5.88 Å². The number of hydrogen-bond acceptors (Lipinski definition) is 5. The predicted octanol–water partition coefficient (Wildman–Crippen LogP) is 1.79. The molecule has 7 nitrogen and oxygen atoms in total. The Morgan fingerprint density at radius 3 is 2.52 bits per heavy atom. The van der Waals surface area contributed by atoms with E-state index in [4.69, 9.17) is 4.74 Å². The van der Waals surface area contributed by atoms with Crippen LogP contribution in [0.4, 0.5) is 0 Å². The Labute approximate surface area is 160 Å². The molecule has 0 spiro atoms. The van der Waals surface area contributed by atoms with Crippen LogP contribution in [-0.2, 0) is 22.8 Å². The fourth-order valence-electron chi connectivity index (χ4n) is 2.42. The number of ether oxygens (including phenoxy) is 1. The summed E-state index contributed by atoms with van der Waals surface area (Å²) in [7, 11) is -1.44. The van der Waals surface area contributed by atoms with Gasteiger partial charge in [0.05, 0.1) is 11.5 Å². The fraction of sp³-hybridized carbons (Fsp3) is 0.368. The van der Waals surface area contributed by atoms with E-state index in [1.165, 1.54) is 6.26 Å². The third-order valence-electron chi connectivity index (χ3n) is 3.83. The van der Waals surface area contributed by atoms with E-state index in [1.54, 1.807) is 25.4 Å². The zero-order chi connectivity index (χ0) is 19.7. The first-order valence-electron chi connectivity index (χ1n) is 8.73. The van der Waals surface area contributed by atoms with Crippen LogP contribution in [0.3, 0.4) is 0 Å². The van der Waals surface area contributed by atoms with Crippen molar-refractivity contribution in [3.63, 3.8) is 0 Å². The van der Waals surface area contributed by atoms with Gasteiger partial charge in [0.15, 0.2) is 15.8 Å². The number of nitrogens with zero attached hydrogens (tertiary/aromatic N) is 2. The topological polar surface area (TPSA) is 92.7 Å². The van der Waals surface area contributed by atoms with E-state index in [2.05, 4.69) is 20.6 Å². The molecule has 0 aliphatic carbocycles. The molecule has 1 heterocycles. The summed E-state index contributed by atoms with van der Waals surface area (Å²) >= 11 is 0. The molecule has 0 radical (unpaired) electrons. The Bertz CT molecular complexity index is 865. The van der Waals surface area contributed by atoms with Crippen LogP contribution in [0.5, 0.6) is 5.88 Å². The molecule has 0 unspecified atom stereocenters. The average Bonchev–Trinajstić information content (AvgIpc) is 2.65. The summed E-state index contributed by atoms with van der Waals surface area (Å²) in [5, 5.41) is 6.49. The molecule has 0 aliphatic heterocycles. The quantitative estimate of drug-likeness (QED) is 0.527. The second-order valence-electron chi connectivity index (χ2n) is 5.95. The monoisotopic (exact) mass is 390 g/mol. The van der Waals surface area contributed by atoms with Crippen molar-refractivity contribution in [1.82, 2.24) is 15.6 Å². The summed E-state index contributed by atoms with van der Waals surface area (Å²) in [6, 6.07) is 10.8. The second-order valence-corrected chi connectivity index (χ2v) is 7.97. The predicted molar refractivity (Wildman–Crippen MR) is 107 cm³/mol. The maximum absolute atomic E-state index is 11.5. The van der Waals surface area contributed by atoms with Gasteiger partial charge in [-0.1, -0.05) is 12.1 Å². The Morgan fingerprint density at radius 1 is 1.15 bits per heavy atom. The first kappa shape index (κ1) is 20.7. The smallest absolute Gasteiger partial charge is 0.213 e. The van der Waals surface area contributed by atoms with Crippen molar-refractivity contribution >= 4 is 15.8 Å². The van der Waals surface area contributed by atoms with Gasteiger partial charge < -0.3 is 15.4 Å². The van der Waals surface area contributed by atoms with E-state index in [1.807, 2.05) is 31.2 Å². The normalized spacial score (nSPS) is 11.9. The summed E-state index contributed by atoms with van der Waals surface area (Å²) in [5.41, 5.74) is 2.11. The molecule has 2 N–H and O–H groups in total. The number of guanidine groups is 1. The zero-order valence-corrected chi connectivity index (χ0v) is 16.7. The van der Waals surface area contributed by atoms with Crippen molar-refractivity contribution in [2.75, 3.05) is 26.5 Å². The van der Waals surface area contributed by atoms with Crippen LogP contribution in [0.25, 0.3) is 0 Å². The van der Waals surface area contributed by atoms with Gasteiger partial charge in [0, 0.05) is 38.7 Å². The number of aromatic nitrogens is 1. The van der Waals surface area contributed by atoms with Crippen molar-refractivity contribution < 1.29 is 13.2 Å². The molecule has 146 valence electrons. The van der Waals surface area contributed by atoms with Gasteiger partial charge >= 0.3 is 0 Å². The van der Waals surface area contributed by atoms with Gasteiger partial charge in [-0.3, -0.25) is 4.99 Å². The van der Waals surface area contributed by atoms with Crippen molar-refractivity contribution in [2.45, 2.75) is 24.8 Å². The number of nitrogens with one attached hydrogen (secondary N) is 2. The minimum atomic E-state index is -3.16. The highest BCUT2D eigenvalue weighted by atomic mass is 32.2. The van der Waals surface area contributed by atoms with Crippen molar-refractivity contribution in [3.8, 4) is 5.88 Å². The minimum Gasteiger partial charge on any atom is -0.478 e. The first-order chi connectivity index (χ1) is 12.9. The van der Waals surface area contributed by atoms with Crippen LogP contribution < -0.4 is 15.4 Å². The van der Waals surface area contributed by atoms with Crippen molar-refractivity contribution in [2.24, 2.45) is 4.99 Å². The van der Waals surface area contributed by atoms with Crippen LogP contribution in [0.15, 0.2) is 52.5 Å². The summed E-state index contributed by atoms with van der Waals surface area (Å²) in [6.07, 6.45) is 3.69. The third kappa shape index (κ3) is 6.90. The van der Waals surface area contributed by atoms with E-state index >= 15 is 0 Å². The largest absolute Gasteiger partial charge is 0.478 e. The SMILES string of the molecule is CCOc1cc(CNC(=NC)NCCc2ccc(S(C)(=O)=O)cc2)ccn1. The third-order valence-corrected chi connectivity index (χ3v) is 4.96. The highest BCUT2D eigenvalue weighted by Crippen LogP contribution is 2.11. The van der Waals surface area contributed by atoms with E-state index < -0.39 is 9.84 Å². The van der Waals surface area contributed by atoms with Crippen LogP contribution in [-0.4, -0.2) is 45.8 Å². The van der Waals surface area contributed by atoms with E-state index in [9.17, 15) is 8.42 Å². The molecule has 2 rings (SSSR count). The first-order valence-corrected chi connectivity index (χ1v) is 10.6. The Morgan fingerprint density at radius 2 is 1.89 bits per heavy atom. The van der Waals surface area contributed by atoms with E-state index in [-0.39, 0.29) is 0 Å². The maximum atomic E-state index is 11.5. The van der Waals surface area contributed by atoms with Crippen LogP contribution in [0, 0.1) is 0 Å². The van der Waals surface area contributed by atoms with Crippen LogP contribution in [0.1, 0.15) is 18.1 Å². The number of rotatable bonds is 8. The number of aliphatic imine (C=N–C) groups is 1. The Kier molecular flexibility index (Phi) is 7.60. The molecule has 0 saturated carbocycles. The van der Waals surface area contributed by atoms with E-state index in [0.29, 0.717) is 36.4 Å². The zero-order valence-electron chi connectivity index (χ0n) is 15.9. The molecule has 2 aromatic rings. The Hall–Kier alpha value is -2.61. The molecule has 0 aliphatic rings. The van der Waals surface area contributed by atoms with Gasteiger partial charge in [-0.25, -0.2) is 13.4 Å². The van der Waals surface area contributed by atoms with Crippen LogP contribution in [0.2, 0.25) is 0 Å². The minimum absolute atomic E-state index is 0.334. The average molecular weight is 391 g/mol. The molecule has 27 heavy (non-hydrogen) atoms. The molecule has 0 atom stereocenters. The molecule has 0 amide bonds. The molecule has 0 saturated heterocycles. The highest BCUT2D eigenvalue weighted by molar-refractivity contribution is 7.90. The Balaban J connectivity index is 1.81.